The van der Waals surface area contributed by atoms with Gasteiger partial charge in [-0.15, -0.1) is 6.58 Å². The summed E-state index contributed by atoms with van der Waals surface area (Å²) in [6, 6.07) is 0. The Morgan fingerprint density at radius 2 is 2.00 bits per heavy atom. The summed E-state index contributed by atoms with van der Waals surface area (Å²) in [5, 5.41) is 0. The fraction of sp³-hybridized carbons (Fsp3) is 0.733. The molecule has 19 heavy (non-hydrogen) atoms. The number of likely N-dealkylation sites (tertiary alicyclic amines) is 1. The molecule has 0 saturated carbocycles. The molecule has 0 spiro atoms. The zero-order valence-corrected chi connectivity index (χ0v) is 12.2. The van der Waals surface area contributed by atoms with E-state index in [-0.39, 0.29) is 12.0 Å². The number of hydrogen-bond donors (Lipinski definition) is 0. The lowest BCUT2D eigenvalue weighted by molar-refractivity contribution is -0.113. The molecule has 108 valence electrons. The number of nitrogens with zero attached hydrogens (tertiary/aromatic N) is 1. The zero-order chi connectivity index (χ0) is 14.5. The van der Waals surface area contributed by atoms with Crippen molar-refractivity contribution >= 4 is 12.4 Å². The Balaban J connectivity index is 2.46. The molecule has 1 heterocycles. The van der Waals surface area contributed by atoms with Gasteiger partial charge >= 0.3 is 6.09 Å². The van der Waals surface area contributed by atoms with Crippen LogP contribution in [0, 0.1) is 11.8 Å². The summed E-state index contributed by atoms with van der Waals surface area (Å²) < 4.78 is 5.35. The predicted molar refractivity (Wildman–Crippen MR) is 74.9 cm³/mol. The molecule has 1 aliphatic rings. The summed E-state index contributed by atoms with van der Waals surface area (Å²) in [7, 11) is 0. The third-order valence-corrected chi connectivity index (χ3v) is 3.41. The van der Waals surface area contributed by atoms with Crippen molar-refractivity contribution in [1.82, 2.24) is 4.90 Å². The lowest BCUT2D eigenvalue weighted by Gasteiger charge is -2.35. The highest BCUT2D eigenvalue weighted by Gasteiger charge is 2.29. The summed E-state index contributed by atoms with van der Waals surface area (Å²) in [6.45, 7) is 10.6. The van der Waals surface area contributed by atoms with E-state index in [2.05, 4.69) is 6.58 Å². The minimum Gasteiger partial charge on any atom is -0.444 e. The van der Waals surface area contributed by atoms with Crippen LogP contribution < -0.4 is 0 Å². The second kappa shape index (κ2) is 6.73. The Bertz CT molecular complexity index is 325. The number of aldehydes is 1. The van der Waals surface area contributed by atoms with Gasteiger partial charge in [-0.05, 0) is 46.0 Å². The van der Waals surface area contributed by atoms with Crippen LogP contribution in [0.4, 0.5) is 4.79 Å². The number of carbonyl (C=O) groups is 2. The van der Waals surface area contributed by atoms with Crippen LogP contribution in [0.5, 0.6) is 0 Å². The van der Waals surface area contributed by atoms with Gasteiger partial charge in [-0.25, -0.2) is 4.79 Å². The summed E-state index contributed by atoms with van der Waals surface area (Å²) >= 11 is 0. The third-order valence-electron chi connectivity index (χ3n) is 3.41. The van der Waals surface area contributed by atoms with Crippen molar-refractivity contribution in [3.05, 3.63) is 12.7 Å². The van der Waals surface area contributed by atoms with Crippen LogP contribution in [0.25, 0.3) is 0 Å². The van der Waals surface area contributed by atoms with E-state index in [0.29, 0.717) is 19.0 Å². The first-order valence-corrected chi connectivity index (χ1v) is 6.91. The number of rotatable bonds is 4. The molecule has 0 aromatic carbocycles. The van der Waals surface area contributed by atoms with Crippen LogP contribution in [-0.4, -0.2) is 36.0 Å². The molecular formula is C15H25NO3. The number of ether oxygens (including phenoxy) is 1. The Labute approximate surface area is 115 Å². The fourth-order valence-corrected chi connectivity index (χ4v) is 2.39. The van der Waals surface area contributed by atoms with Crippen molar-refractivity contribution in [2.45, 2.75) is 45.6 Å². The van der Waals surface area contributed by atoms with Gasteiger partial charge in [0.15, 0.2) is 0 Å². The first kappa shape index (κ1) is 15.7. The van der Waals surface area contributed by atoms with Crippen molar-refractivity contribution in [2.24, 2.45) is 11.8 Å². The molecule has 1 amide bonds. The van der Waals surface area contributed by atoms with Crippen molar-refractivity contribution in [3.63, 3.8) is 0 Å². The average molecular weight is 267 g/mol. The highest BCUT2D eigenvalue weighted by atomic mass is 16.6. The lowest BCUT2D eigenvalue weighted by Crippen LogP contribution is -2.43. The molecular weight excluding hydrogens is 242 g/mol. The second-order valence-electron chi connectivity index (χ2n) is 6.13. The van der Waals surface area contributed by atoms with E-state index < -0.39 is 5.60 Å². The summed E-state index contributed by atoms with van der Waals surface area (Å²) in [6.07, 6.45) is 5.00. The van der Waals surface area contributed by atoms with Gasteiger partial charge in [0.25, 0.3) is 0 Å². The van der Waals surface area contributed by atoms with Gasteiger partial charge in [0, 0.05) is 19.0 Å². The number of piperidine rings is 1. The zero-order valence-electron chi connectivity index (χ0n) is 12.2. The third kappa shape index (κ3) is 5.05. The minimum absolute atomic E-state index is 0.0401. The van der Waals surface area contributed by atoms with E-state index in [1.807, 2.05) is 20.8 Å². The maximum Gasteiger partial charge on any atom is 0.410 e. The van der Waals surface area contributed by atoms with Crippen LogP contribution in [-0.2, 0) is 9.53 Å². The molecule has 0 aliphatic carbocycles. The molecule has 0 aromatic rings. The Morgan fingerprint density at radius 1 is 1.42 bits per heavy atom. The molecule has 4 heteroatoms. The standard InChI is InChI=1S/C15H25NO3/c1-5-6-13(11-17)12-7-9-16(10-8-12)14(18)19-15(2,3)4/h5,11-13H,1,6-10H2,2-4H3/t13-/m1/s1. The van der Waals surface area contributed by atoms with E-state index in [4.69, 9.17) is 4.74 Å². The van der Waals surface area contributed by atoms with Crippen molar-refractivity contribution in [1.29, 1.82) is 0 Å². The van der Waals surface area contributed by atoms with E-state index in [1.54, 1.807) is 11.0 Å². The SMILES string of the molecule is C=CC[C@H](C=O)C1CCN(C(=O)OC(C)(C)C)CC1. The Hall–Kier alpha value is -1.32. The second-order valence-corrected chi connectivity index (χ2v) is 6.13. The maximum atomic E-state index is 11.9. The number of amides is 1. The van der Waals surface area contributed by atoms with E-state index >= 15 is 0 Å². The van der Waals surface area contributed by atoms with Gasteiger partial charge in [0.05, 0.1) is 0 Å². The van der Waals surface area contributed by atoms with Crippen LogP contribution in [0.2, 0.25) is 0 Å². The predicted octanol–water partition coefficient (Wildman–Crippen LogP) is 3.02. The van der Waals surface area contributed by atoms with Gasteiger partial charge in [0.2, 0.25) is 0 Å². The van der Waals surface area contributed by atoms with Crippen LogP contribution in [0.15, 0.2) is 12.7 Å². The first-order chi connectivity index (χ1) is 8.87. The smallest absolute Gasteiger partial charge is 0.410 e. The van der Waals surface area contributed by atoms with E-state index in [9.17, 15) is 9.59 Å². The topological polar surface area (TPSA) is 46.6 Å². The van der Waals surface area contributed by atoms with Gasteiger partial charge in [0.1, 0.15) is 11.9 Å². The van der Waals surface area contributed by atoms with Gasteiger partial charge in [-0.1, -0.05) is 6.08 Å². The Kier molecular flexibility index (Phi) is 5.58. The molecule has 1 saturated heterocycles. The number of hydrogen-bond acceptors (Lipinski definition) is 3. The molecule has 1 fully saturated rings. The largest absolute Gasteiger partial charge is 0.444 e. The van der Waals surface area contributed by atoms with E-state index in [0.717, 1.165) is 25.5 Å². The van der Waals surface area contributed by atoms with Crippen LogP contribution in [0.1, 0.15) is 40.0 Å². The highest BCUT2D eigenvalue weighted by Crippen LogP contribution is 2.27. The molecule has 1 aliphatic heterocycles. The molecule has 0 N–H and O–H groups in total. The quantitative estimate of drug-likeness (QED) is 0.581. The molecule has 0 aromatic heterocycles. The Morgan fingerprint density at radius 3 is 2.42 bits per heavy atom. The maximum absolute atomic E-state index is 11.9. The fourth-order valence-electron chi connectivity index (χ4n) is 2.39. The first-order valence-electron chi connectivity index (χ1n) is 6.91. The normalized spacial score (nSPS) is 18.8. The van der Waals surface area contributed by atoms with Crippen LogP contribution in [0.3, 0.4) is 0 Å². The van der Waals surface area contributed by atoms with E-state index in [1.165, 1.54) is 0 Å². The summed E-state index contributed by atoms with van der Waals surface area (Å²) in [5.74, 6) is 0.396. The van der Waals surface area contributed by atoms with Gasteiger partial charge in [-0.2, -0.15) is 0 Å². The van der Waals surface area contributed by atoms with Gasteiger partial charge < -0.3 is 14.4 Å². The minimum atomic E-state index is -0.456. The molecule has 1 rings (SSSR count). The highest BCUT2D eigenvalue weighted by molar-refractivity contribution is 5.68. The van der Waals surface area contributed by atoms with Crippen molar-refractivity contribution < 1.29 is 14.3 Å². The number of carbonyl (C=O) groups excluding carboxylic acids is 2. The molecule has 0 unspecified atom stereocenters. The van der Waals surface area contributed by atoms with Crippen LogP contribution >= 0.6 is 0 Å². The summed E-state index contributed by atoms with van der Waals surface area (Å²) in [5.41, 5.74) is -0.456. The molecule has 4 nitrogen and oxygen atoms in total. The molecule has 0 bridgehead atoms. The molecule has 1 atom stereocenters. The number of allylic oxidation sites excluding steroid dienone is 1. The van der Waals surface area contributed by atoms with Crippen molar-refractivity contribution in [3.8, 4) is 0 Å². The molecule has 0 radical (unpaired) electrons. The van der Waals surface area contributed by atoms with Gasteiger partial charge in [-0.3, -0.25) is 0 Å². The monoisotopic (exact) mass is 267 g/mol. The lowest BCUT2D eigenvalue weighted by atomic mass is 9.83. The average Bonchev–Trinajstić information content (AvgIpc) is 2.34. The van der Waals surface area contributed by atoms with Crippen molar-refractivity contribution in [2.75, 3.05) is 13.1 Å². The summed E-state index contributed by atoms with van der Waals surface area (Å²) in [4.78, 5) is 24.7.